The van der Waals surface area contributed by atoms with Gasteiger partial charge in [-0.25, -0.2) is 0 Å². The summed E-state index contributed by atoms with van der Waals surface area (Å²) in [5, 5.41) is 3.15. The van der Waals surface area contributed by atoms with Crippen LogP contribution in [0.3, 0.4) is 0 Å². The van der Waals surface area contributed by atoms with Crippen LogP contribution in [0, 0.1) is 0 Å². The Bertz CT molecular complexity index is 89.6. The SMILES string of the molecule is CCCCN=CNCCCC. The van der Waals surface area contributed by atoms with Crippen LogP contribution in [-0.2, 0) is 0 Å². The summed E-state index contributed by atoms with van der Waals surface area (Å²) in [5.74, 6) is 0. The molecule has 0 aromatic heterocycles. The Kier molecular flexibility index (Phi) is 9.01. The fourth-order valence-corrected chi connectivity index (χ4v) is 0.722. The predicted octanol–water partition coefficient (Wildman–Crippen LogP) is 2.20. The fourth-order valence-electron chi connectivity index (χ4n) is 0.722. The Morgan fingerprint density at radius 2 is 1.91 bits per heavy atom. The van der Waals surface area contributed by atoms with Gasteiger partial charge in [0.2, 0.25) is 0 Å². The summed E-state index contributed by atoms with van der Waals surface area (Å²) in [5.41, 5.74) is 0. The third-order valence-electron chi connectivity index (χ3n) is 1.50. The molecule has 0 heterocycles. The lowest BCUT2D eigenvalue weighted by Gasteiger charge is -1.96. The lowest BCUT2D eigenvalue weighted by atomic mass is 10.3. The zero-order valence-electron chi connectivity index (χ0n) is 7.77. The first-order chi connectivity index (χ1) is 5.41. The van der Waals surface area contributed by atoms with Crippen LogP contribution in [0.4, 0.5) is 0 Å². The van der Waals surface area contributed by atoms with E-state index >= 15 is 0 Å². The second-order valence-corrected chi connectivity index (χ2v) is 2.70. The van der Waals surface area contributed by atoms with Gasteiger partial charge in [0.05, 0.1) is 6.34 Å². The van der Waals surface area contributed by atoms with Crippen molar-refractivity contribution in [3.8, 4) is 0 Å². The summed E-state index contributed by atoms with van der Waals surface area (Å²) < 4.78 is 0. The minimum Gasteiger partial charge on any atom is -0.376 e. The summed E-state index contributed by atoms with van der Waals surface area (Å²) in [7, 11) is 0. The van der Waals surface area contributed by atoms with Crippen LogP contribution >= 0.6 is 0 Å². The maximum atomic E-state index is 4.20. The molecule has 0 aliphatic rings. The molecule has 0 aliphatic heterocycles. The van der Waals surface area contributed by atoms with Gasteiger partial charge < -0.3 is 5.32 Å². The molecule has 0 aliphatic carbocycles. The average Bonchev–Trinajstić information content (AvgIpc) is 2.03. The van der Waals surface area contributed by atoms with E-state index in [1.165, 1.54) is 25.7 Å². The van der Waals surface area contributed by atoms with E-state index in [-0.39, 0.29) is 0 Å². The molecular formula is C9H20N2. The van der Waals surface area contributed by atoms with Crippen molar-refractivity contribution in [2.45, 2.75) is 39.5 Å². The van der Waals surface area contributed by atoms with Gasteiger partial charge in [-0.1, -0.05) is 26.7 Å². The molecule has 0 aromatic carbocycles. The molecule has 66 valence electrons. The lowest BCUT2D eigenvalue weighted by molar-refractivity contribution is 0.754. The third-order valence-corrected chi connectivity index (χ3v) is 1.50. The highest BCUT2D eigenvalue weighted by molar-refractivity contribution is 5.53. The quantitative estimate of drug-likeness (QED) is 0.341. The van der Waals surface area contributed by atoms with Gasteiger partial charge in [-0.05, 0) is 12.8 Å². The topological polar surface area (TPSA) is 24.4 Å². The number of hydrogen-bond acceptors (Lipinski definition) is 1. The van der Waals surface area contributed by atoms with Crippen molar-refractivity contribution in [3.05, 3.63) is 0 Å². The maximum absolute atomic E-state index is 4.20. The molecule has 0 fully saturated rings. The molecule has 0 rings (SSSR count). The van der Waals surface area contributed by atoms with Crippen molar-refractivity contribution < 1.29 is 0 Å². The van der Waals surface area contributed by atoms with Crippen LogP contribution in [0.2, 0.25) is 0 Å². The molecule has 1 N–H and O–H groups in total. The van der Waals surface area contributed by atoms with Crippen molar-refractivity contribution in [3.63, 3.8) is 0 Å². The average molecular weight is 156 g/mol. The molecule has 2 nitrogen and oxygen atoms in total. The van der Waals surface area contributed by atoms with Crippen LogP contribution in [0.25, 0.3) is 0 Å². The van der Waals surface area contributed by atoms with Gasteiger partial charge in [0, 0.05) is 13.1 Å². The predicted molar refractivity (Wildman–Crippen MR) is 51.2 cm³/mol. The summed E-state index contributed by atoms with van der Waals surface area (Å²) >= 11 is 0. The van der Waals surface area contributed by atoms with Gasteiger partial charge in [0.1, 0.15) is 0 Å². The van der Waals surface area contributed by atoms with E-state index in [0.717, 1.165) is 13.1 Å². The van der Waals surface area contributed by atoms with Crippen LogP contribution in [0.1, 0.15) is 39.5 Å². The summed E-state index contributed by atoms with van der Waals surface area (Å²) in [4.78, 5) is 4.20. The van der Waals surface area contributed by atoms with Crippen LogP contribution < -0.4 is 5.32 Å². The Morgan fingerprint density at radius 3 is 2.55 bits per heavy atom. The molecule has 0 bridgehead atoms. The van der Waals surface area contributed by atoms with Crippen LogP contribution in [0.15, 0.2) is 4.99 Å². The van der Waals surface area contributed by atoms with Gasteiger partial charge in [-0.15, -0.1) is 0 Å². The minimum absolute atomic E-state index is 0.968. The first kappa shape index (κ1) is 10.5. The highest BCUT2D eigenvalue weighted by atomic mass is 14.9. The van der Waals surface area contributed by atoms with E-state index in [9.17, 15) is 0 Å². The first-order valence-corrected chi connectivity index (χ1v) is 4.63. The number of unbranched alkanes of at least 4 members (excludes halogenated alkanes) is 2. The van der Waals surface area contributed by atoms with Gasteiger partial charge >= 0.3 is 0 Å². The highest BCUT2D eigenvalue weighted by Crippen LogP contribution is 1.85. The van der Waals surface area contributed by atoms with Gasteiger partial charge in [0.25, 0.3) is 0 Å². The summed E-state index contributed by atoms with van der Waals surface area (Å²) in [6, 6.07) is 0. The number of aliphatic imine (C=N–C) groups is 1. The van der Waals surface area contributed by atoms with Crippen molar-refractivity contribution in [1.82, 2.24) is 5.32 Å². The summed E-state index contributed by atoms with van der Waals surface area (Å²) in [6.45, 7) is 6.40. The van der Waals surface area contributed by atoms with E-state index < -0.39 is 0 Å². The normalized spacial score (nSPS) is 10.7. The number of nitrogens with one attached hydrogen (secondary N) is 1. The van der Waals surface area contributed by atoms with E-state index in [2.05, 4.69) is 24.2 Å². The first-order valence-electron chi connectivity index (χ1n) is 4.63. The second kappa shape index (κ2) is 9.47. The number of hydrogen-bond donors (Lipinski definition) is 1. The molecule has 0 saturated carbocycles. The lowest BCUT2D eigenvalue weighted by Crippen LogP contribution is -2.12. The molecule has 0 unspecified atom stereocenters. The largest absolute Gasteiger partial charge is 0.376 e. The van der Waals surface area contributed by atoms with E-state index in [4.69, 9.17) is 0 Å². The number of nitrogens with zero attached hydrogens (tertiary/aromatic N) is 1. The van der Waals surface area contributed by atoms with E-state index in [1.807, 2.05) is 6.34 Å². The van der Waals surface area contributed by atoms with Crippen LogP contribution in [0.5, 0.6) is 0 Å². The molecule has 11 heavy (non-hydrogen) atoms. The van der Waals surface area contributed by atoms with Crippen molar-refractivity contribution in [2.24, 2.45) is 4.99 Å². The van der Waals surface area contributed by atoms with Gasteiger partial charge in [-0.2, -0.15) is 0 Å². The molecule has 0 spiro atoms. The Hall–Kier alpha value is -0.530. The second-order valence-electron chi connectivity index (χ2n) is 2.70. The fraction of sp³-hybridized carbons (Fsp3) is 0.889. The Morgan fingerprint density at radius 1 is 1.18 bits per heavy atom. The molecular weight excluding hydrogens is 136 g/mol. The van der Waals surface area contributed by atoms with Crippen molar-refractivity contribution >= 4 is 6.34 Å². The Labute approximate surface area is 70.1 Å². The highest BCUT2D eigenvalue weighted by Gasteiger charge is 1.79. The van der Waals surface area contributed by atoms with Crippen molar-refractivity contribution in [2.75, 3.05) is 13.1 Å². The molecule has 0 atom stereocenters. The van der Waals surface area contributed by atoms with Crippen LogP contribution in [-0.4, -0.2) is 19.4 Å². The third kappa shape index (κ3) is 9.47. The molecule has 2 heteroatoms. The monoisotopic (exact) mass is 156 g/mol. The van der Waals surface area contributed by atoms with Gasteiger partial charge in [-0.3, -0.25) is 4.99 Å². The maximum Gasteiger partial charge on any atom is 0.0823 e. The smallest absolute Gasteiger partial charge is 0.0823 e. The molecule has 0 aromatic rings. The molecule has 0 amide bonds. The number of rotatable bonds is 7. The van der Waals surface area contributed by atoms with Crippen molar-refractivity contribution in [1.29, 1.82) is 0 Å². The van der Waals surface area contributed by atoms with E-state index in [0.29, 0.717) is 0 Å². The Balaban J connectivity index is 2.91. The molecule has 0 radical (unpaired) electrons. The minimum atomic E-state index is 0.968. The zero-order chi connectivity index (χ0) is 8.36. The van der Waals surface area contributed by atoms with Gasteiger partial charge in [0.15, 0.2) is 0 Å². The van der Waals surface area contributed by atoms with E-state index in [1.54, 1.807) is 0 Å². The zero-order valence-corrected chi connectivity index (χ0v) is 7.77. The standard InChI is InChI=1S/C9H20N2/c1-3-5-7-10-9-11-8-6-4-2/h9H,3-8H2,1-2H3,(H,10,11). The summed E-state index contributed by atoms with van der Waals surface area (Å²) in [6.07, 6.45) is 6.75. The molecule has 0 saturated heterocycles.